The monoisotopic (exact) mass is 678 g/mol. The molecule has 0 aromatic heterocycles. The van der Waals surface area contributed by atoms with Crippen molar-refractivity contribution in [2.24, 2.45) is 17.8 Å². The van der Waals surface area contributed by atoms with Gasteiger partial charge in [0.15, 0.2) is 9.75 Å². The Labute approximate surface area is 276 Å². The number of halogens is 3. The van der Waals surface area contributed by atoms with E-state index in [2.05, 4.69) is 0 Å². The zero-order valence-electron chi connectivity index (χ0n) is 24.5. The molecule has 0 spiro atoms. The molecule has 47 heavy (non-hydrogen) atoms. The number of anilines is 2. The second-order valence-corrected chi connectivity index (χ2v) is 13.6. The molecule has 2 aliphatic carbocycles. The third kappa shape index (κ3) is 4.12. The van der Waals surface area contributed by atoms with Gasteiger partial charge in [0.25, 0.3) is 11.8 Å². The Kier molecular flexibility index (Phi) is 6.82. The molecule has 2 heterocycles. The average molecular weight is 679 g/mol. The van der Waals surface area contributed by atoms with E-state index in [1.54, 1.807) is 25.1 Å². The lowest BCUT2D eigenvalue weighted by Gasteiger charge is -2.50. The summed E-state index contributed by atoms with van der Waals surface area (Å²) in [7, 11) is 0. The summed E-state index contributed by atoms with van der Waals surface area (Å²) in [6, 6.07) is 12.7. The van der Waals surface area contributed by atoms with Crippen LogP contribution >= 0.6 is 23.2 Å². The van der Waals surface area contributed by atoms with Gasteiger partial charge in [-0.25, -0.2) is 19.0 Å². The predicted molar refractivity (Wildman–Crippen MR) is 167 cm³/mol. The number of phenolic OH excluding ortho intramolecular Hbond substituents is 1. The first-order valence-corrected chi connectivity index (χ1v) is 15.4. The Balaban J connectivity index is 1.37. The molecular formula is C34H25Cl2FN2O8. The molecular weight excluding hydrogens is 654 g/mol. The van der Waals surface area contributed by atoms with E-state index < -0.39 is 80.1 Å². The predicted octanol–water partition coefficient (Wildman–Crippen LogP) is 5.01. The van der Waals surface area contributed by atoms with Crippen molar-refractivity contribution in [2.75, 3.05) is 9.80 Å². The number of hydrogen-bond acceptors (Lipinski definition) is 7. The van der Waals surface area contributed by atoms with E-state index in [0.29, 0.717) is 16.7 Å². The number of aromatic hydroxyl groups is 2. The van der Waals surface area contributed by atoms with Gasteiger partial charge in [-0.2, -0.15) is 0 Å². The summed E-state index contributed by atoms with van der Waals surface area (Å²) in [6.07, 6.45) is 1.53. The number of carboxylic acid groups (broad SMARTS) is 1. The molecule has 3 aromatic carbocycles. The van der Waals surface area contributed by atoms with Crippen molar-refractivity contribution in [3.05, 3.63) is 94.8 Å². The first-order valence-electron chi connectivity index (χ1n) is 14.7. The molecule has 3 aromatic rings. The zero-order chi connectivity index (χ0) is 33.7. The maximum atomic E-state index is 14.4. The summed E-state index contributed by atoms with van der Waals surface area (Å²) in [5, 5.41) is 29.9. The summed E-state index contributed by atoms with van der Waals surface area (Å²) < 4.78 is 13.8. The minimum atomic E-state index is -2.13. The van der Waals surface area contributed by atoms with Crippen LogP contribution in [-0.2, 0) is 19.2 Å². The summed E-state index contributed by atoms with van der Waals surface area (Å²) in [6.45, 7) is 1.65. The molecule has 7 rings (SSSR count). The summed E-state index contributed by atoms with van der Waals surface area (Å²) >= 11 is 14.7. The lowest BCUT2D eigenvalue weighted by molar-refractivity contribution is -0.125. The van der Waals surface area contributed by atoms with E-state index in [9.17, 15) is 43.7 Å². The van der Waals surface area contributed by atoms with Crippen LogP contribution in [0, 0.1) is 30.5 Å². The number of carboxylic acids is 1. The molecule has 1 saturated carbocycles. The zero-order valence-corrected chi connectivity index (χ0v) is 26.0. The Bertz CT molecular complexity index is 1980. The maximum Gasteiger partial charge on any atom is 0.339 e. The van der Waals surface area contributed by atoms with Gasteiger partial charge in [0.2, 0.25) is 11.8 Å². The Hall–Kier alpha value is -4.74. The van der Waals surface area contributed by atoms with Gasteiger partial charge in [-0.15, -0.1) is 23.2 Å². The molecule has 3 N–H and O–H groups in total. The third-order valence-electron chi connectivity index (χ3n) is 9.92. The van der Waals surface area contributed by atoms with Gasteiger partial charge < -0.3 is 15.3 Å². The molecule has 0 radical (unpaired) electrons. The number of amides is 4. The fourth-order valence-electron chi connectivity index (χ4n) is 7.73. The Morgan fingerprint density at radius 3 is 2.17 bits per heavy atom. The Morgan fingerprint density at radius 1 is 0.851 bits per heavy atom. The van der Waals surface area contributed by atoms with E-state index in [0.717, 1.165) is 34.1 Å². The second kappa shape index (κ2) is 10.4. The molecule has 0 unspecified atom stereocenters. The van der Waals surface area contributed by atoms with E-state index in [4.69, 9.17) is 23.2 Å². The minimum absolute atomic E-state index is 0.0225. The van der Waals surface area contributed by atoms with Crippen molar-refractivity contribution in [1.29, 1.82) is 0 Å². The number of aromatic carboxylic acids is 1. The molecule has 2 aliphatic heterocycles. The molecule has 240 valence electrons. The van der Waals surface area contributed by atoms with Crippen molar-refractivity contribution < 1.29 is 43.7 Å². The van der Waals surface area contributed by atoms with Crippen molar-refractivity contribution >= 4 is 64.2 Å². The first-order chi connectivity index (χ1) is 22.2. The van der Waals surface area contributed by atoms with Gasteiger partial charge in [0.05, 0.1) is 23.2 Å². The lowest BCUT2D eigenvalue weighted by Crippen LogP contribution is -2.60. The van der Waals surface area contributed by atoms with Crippen LogP contribution in [-0.4, -0.2) is 54.7 Å². The standard InChI is InChI=1S/C34H25Cl2FN2O8/c1-15-12-16(2-11-24(15)40)27-20-9-10-22-26(29(43)38(28(22)42)19-7-8-21(30(44)45)25(41)13-19)23(20)14-33(35)31(46)39(32(47)34(27,33)36)18-5-3-17(37)4-6-18/h2-9,11-13,22-23,26-27,40-41H,10,14H2,1H3,(H,44,45)/t22-,23+,26-,27-,33+,34-/m0/s1. The SMILES string of the molecule is Cc1cc([C@H]2C3=CC[C@@H]4C(=O)N(c5ccc(C(=O)O)c(O)c5)C(=O)[C@@H]4[C@@H]3C[C@@]3(Cl)C(=O)N(c4ccc(F)cc4)C(=O)[C@@]23Cl)ccc1O. The molecule has 3 fully saturated rings. The molecule has 2 saturated heterocycles. The third-order valence-corrected chi connectivity index (χ3v) is 11.3. The fourth-order valence-corrected chi connectivity index (χ4v) is 8.66. The largest absolute Gasteiger partial charge is 0.508 e. The van der Waals surface area contributed by atoms with Crippen LogP contribution in [0.4, 0.5) is 15.8 Å². The molecule has 10 nitrogen and oxygen atoms in total. The van der Waals surface area contributed by atoms with Gasteiger partial charge in [-0.1, -0.05) is 23.8 Å². The molecule has 13 heteroatoms. The molecule has 4 amide bonds. The van der Waals surface area contributed by atoms with Gasteiger partial charge in [0, 0.05) is 12.0 Å². The number of benzene rings is 3. The van der Waals surface area contributed by atoms with Crippen LogP contribution in [0.25, 0.3) is 0 Å². The number of nitrogens with zero attached hydrogens (tertiary/aromatic N) is 2. The smallest absolute Gasteiger partial charge is 0.339 e. The number of phenols is 2. The molecule has 4 aliphatic rings. The van der Waals surface area contributed by atoms with Crippen LogP contribution in [0.15, 0.2) is 72.3 Å². The number of carbonyl (C=O) groups excluding carboxylic acids is 4. The van der Waals surface area contributed by atoms with Crippen molar-refractivity contribution in [2.45, 2.75) is 35.4 Å². The van der Waals surface area contributed by atoms with Crippen molar-refractivity contribution in [3.63, 3.8) is 0 Å². The topological polar surface area (TPSA) is 153 Å². The maximum absolute atomic E-state index is 14.4. The van der Waals surface area contributed by atoms with Crippen LogP contribution in [0.3, 0.4) is 0 Å². The van der Waals surface area contributed by atoms with Crippen LogP contribution < -0.4 is 9.80 Å². The molecule has 6 atom stereocenters. The number of carbonyl (C=O) groups is 5. The fraction of sp³-hybridized carbons (Fsp3) is 0.265. The average Bonchev–Trinajstić information content (AvgIpc) is 3.36. The highest BCUT2D eigenvalue weighted by Gasteiger charge is 2.76. The van der Waals surface area contributed by atoms with Gasteiger partial charge >= 0.3 is 5.97 Å². The number of fused-ring (bicyclic) bond motifs is 4. The summed E-state index contributed by atoms with van der Waals surface area (Å²) in [4.78, 5) is 65.5. The normalized spacial score (nSPS) is 29.8. The lowest BCUT2D eigenvalue weighted by atomic mass is 9.56. The van der Waals surface area contributed by atoms with Gasteiger partial charge in [0.1, 0.15) is 22.9 Å². The summed E-state index contributed by atoms with van der Waals surface area (Å²) in [5.41, 5.74) is 1.04. The van der Waals surface area contributed by atoms with E-state index in [-0.39, 0.29) is 30.0 Å². The number of hydrogen-bond donors (Lipinski definition) is 3. The number of imide groups is 2. The van der Waals surface area contributed by atoms with Crippen molar-refractivity contribution in [3.8, 4) is 11.5 Å². The van der Waals surface area contributed by atoms with E-state index in [1.165, 1.54) is 24.3 Å². The van der Waals surface area contributed by atoms with Crippen molar-refractivity contribution in [1.82, 2.24) is 0 Å². The quantitative estimate of drug-likeness (QED) is 0.198. The highest BCUT2D eigenvalue weighted by molar-refractivity contribution is 6.58. The Morgan fingerprint density at radius 2 is 1.53 bits per heavy atom. The van der Waals surface area contributed by atoms with E-state index >= 15 is 0 Å². The van der Waals surface area contributed by atoms with Gasteiger partial charge in [-0.3, -0.25) is 19.2 Å². The highest BCUT2D eigenvalue weighted by atomic mass is 35.5. The van der Waals surface area contributed by atoms with Crippen LogP contribution in [0.1, 0.15) is 40.2 Å². The van der Waals surface area contributed by atoms with Crippen LogP contribution in [0.2, 0.25) is 0 Å². The number of aryl methyl sites for hydroxylation is 1. The summed E-state index contributed by atoms with van der Waals surface area (Å²) in [5.74, 6) is -9.43. The molecule has 0 bridgehead atoms. The number of rotatable bonds is 4. The number of alkyl halides is 2. The van der Waals surface area contributed by atoms with Gasteiger partial charge in [-0.05, 0) is 79.3 Å². The highest BCUT2D eigenvalue weighted by Crippen LogP contribution is 2.66. The van der Waals surface area contributed by atoms with E-state index in [1.807, 2.05) is 0 Å². The first kappa shape index (κ1) is 30.9. The second-order valence-electron chi connectivity index (χ2n) is 12.3. The van der Waals surface area contributed by atoms with Crippen LogP contribution in [0.5, 0.6) is 11.5 Å². The number of allylic oxidation sites excluding steroid dienone is 2. The minimum Gasteiger partial charge on any atom is -0.508 e.